The van der Waals surface area contributed by atoms with Gasteiger partial charge >= 0.3 is 0 Å². The summed E-state index contributed by atoms with van der Waals surface area (Å²) in [4.78, 5) is 0. The average molecular weight is 231 g/mol. The molecule has 0 unspecified atom stereocenters. The van der Waals surface area contributed by atoms with Crippen LogP contribution >= 0.6 is 11.6 Å². The number of hydrogen-bond acceptors (Lipinski definition) is 2. The standard InChI is InChI=1S/C10H11ClO2S/c1-14(12,13)10-6-9(10)7-3-2-4-8(11)5-7/h2-5,9-10H,6H2,1H3/t9-,10-/m1/s1. The average Bonchev–Trinajstić information content (AvgIpc) is 2.81. The molecule has 0 amide bonds. The van der Waals surface area contributed by atoms with Crippen molar-refractivity contribution in [3.05, 3.63) is 34.9 Å². The fraction of sp³-hybridized carbons (Fsp3) is 0.400. The molecule has 0 N–H and O–H groups in total. The van der Waals surface area contributed by atoms with Crippen LogP contribution in [0.4, 0.5) is 0 Å². The minimum atomic E-state index is -2.88. The first-order valence-corrected chi connectivity index (χ1v) is 6.76. The molecule has 1 aliphatic carbocycles. The summed E-state index contributed by atoms with van der Waals surface area (Å²) >= 11 is 5.83. The molecule has 0 saturated heterocycles. The molecule has 1 aliphatic rings. The van der Waals surface area contributed by atoms with Gasteiger partial charge in [0.25, 0.3) is 0 Å². The quantitative estimate of drug-likeness (QED) is 0.781. The van der Waals surface area contributed by atoms with Crippen LogP contribution in [-0.2, 0) is 9.84 Å². The summed E-state index contributed by atoms with van der Waals surface area (Å²) in [6.07, 6.45) is 2.03. The highest BCUT2D eigenvalue weighted by Gasteiger charge is 2.45. The van der Waals surface area contributed by atoms with Crippen LogP contribution in [0.15, 0.2) is 24.3 Å². The molecule has 1 aromatic carbocycles. The zero-order valence-electron chi connectivity index (χ0n) is 7.77. The Hall–Kier alpha value is -0.540. The van der Waals surface area contributed by atoms with Gasteiger partial charge in [0.05, 0.1) is 5.25 Å². The lowest BCUT2D eigenvalue weighted by Gasteiger charge is -1.99. The monoisotopic (exact) mass is 230 g/mol. The largest absolute Gasteiger partial charge is 0.229 e. The molecule has 4 heteroatoms. The summed E-state index contributed by atoms with van der Waals surface area (Å²) in [5.41, 5.74) is 1.04. The molecule has 2 nitrogen and oxygen atoms in total. The minimum Gasteiger partial charge on any atom is -0.229 e. The van der Waals surface area contributed by atoms with Crippen molar-refractivity contribution >= 4 is 21.4 Å². The number of sulfone groups is 1. The van der Waals surface area contributed by atoms with Crippen molar-refractivity contribution in [1.29, 1.82) is 0 Å². The zero-order chi connectivity index (χ0) is 10.3. The SMILES string of the molecule is CS(=O)(=O)[C@@H]1C[C@@H]1c1cccc(Cl)c1. The van der Waals surface area contributed by atoms with E-state index in [1.807, 2.05) is 18.2 Å². The van der Waals surface area contributed by atoms with Gasteiger partial charge in [0.2, 0.25) is 0 Å². The number of halogens is 1. The van der Waals surface area contributed by atoms with E-state index < -0.39 is 9.84 Å². The van der Waals surface area contributed by atoms with Crippen LogP contribution in [-0.4, -0.2) is 19.9 Å². The van der Waals surface area contributed by atoms with E-state index >= 15 is 0 Å². The van der Waals surface area contributed by atoms with Gasteiger partial charge in [-0.3, -0.25) is 0 Å². The Morgan fingerprint density at radius 2 is 2.14 bits per heavy atom. The maximum absolute atomic E-state index is 11.2. The Morgan fingerprint density at radius 3 is 2.64 bits per heavy atom. The summed E-state index contributed by atoms with van der Waals surface area (Å²) in [6.45, 7) is 0. The fourth-order valence-corrected chi connectivity index (χ4v) is 3.24. The second-order valence-electron chi connectivity index (χ2n) is 3.77. The molecule has 14 heavy (non-hydrogen) atoms. The Bertz CT molecular complexity index is 453. The Kier molecular flexibility index (Phi) is 2.32. The molecule has 0 radical (unpaired) electrons. The first-order chi connectivity index (χ1) is 6.48. The third-order valence-electron chi connectivity index (χ3n) is 2.56. The van der Waals surface area contributed by atoms with Gasteiger partial charge in [0.15, 0.2) is 9.84 Å². The normalized spacial score (nSPS) is 26.1. The Labute approximate surface area is 88.8 Å². The van der Waals surface area contributed by atoms with Gasteiger partial charge in [-0.1, -0.05) is 23.7 Å². The maximum atomic E-state index is 11.2. The zero-order valence-corrected chi connectivity index (χ0v) is 9.35. The highest BCUT2D eigenvalue weighted by atomic mass is 35.5. The van der Waals surface area contributed by atoms with Gasteiger partial charge in [-0.25, -0.2) is 8.42 Å². The lowest BCUT2D eigenvalue weighted by atomic mass is 10.1. The van der Waals surface area contributed by atoms with Gasteiger partial charge in [0.1, 0.15) is 0 Å². The molecule has 0 aromatic heterocycles. The van der Waals surface area contributed by atoms with Gasteiger partial charge in [-0.05, 0) is 24.1 Å². The molecule has 1 fully saturated rings. The lowest BCUT2D eigenvalue weighted by Crippen LogP contribution is -2.04. The number of hydrogen-bond donors (Lipinski definition) is 0. The van der Waals surface area contributed by atoms with Crippen molar-refractivity contribution in [2.75, 3.05) is 6.26 Å². The molecule has 0 bridgehead atoms. The Balaban J connectivity index is 2.22. The van der Waals surface area contributed by atoms with Crippen LogP contribution in [0.25, 0.3) is 0 Å². The van der Waals surface area contributed by atoms with Crippen molar-refractivity contribution in [2.45, 2.75) is 17.6 Å². The van der Waals surface area contributed by atoms with E-state index in [9.17, 15) is 8.42 Å². The van der Waals surface area contributed by atoms with E-state index in [4.69, 9.17) is 11.6 Å². The van der Waals surface area contributed by atoms with E-state index in [0.717, 1.165) is 12.0 Å². The van der Waals surface area contributed by atoms with E-state index in [2.05, 4.69) is 0 Å². The predicted molar refractivity (Wildman–Crippen MR) is 57.4 cm³/mol. The van der Waals surface area contributed by atoms with E-state index in [1.54, 1.807) is 6.07 Å². The van der Waals surface area contributed by atoms with Crippen LogP contribution in [0.3, 0.4) is 0 Å². The smallest absolute Gasteiger partial charge is 0.150 e. The highest BCUT2D eigenvalue weighted by molar-refractivity contribution is 7.91. The van der Waals surface area contributed by atoms with Gasteiger partial charge in [0, 0.05) is 17.2 Å². The highest BCUT2D eigenvalue weighted by Crippen LogP contribution is 2.45. The lowest BCUT2D eigenvalue weighted by molar-refractivity contribution is 0.600. The molecule has 2 atom stereocenters. The van der Waals surface area contributed by atoms with Crippen LogP contribution < -0.4 is 0 Å². The van der Waals surface area contributed by atoms with E-state index in [1.165, 1.54) is 6.26 Å². The van der Waals surface area contributed by atoms with Crippen LogP contribution in [0.2, 0.25) is 5.02 Å². The van der Waals surface area contributed by atoms with Crippen molar-refractivity contribution in [3.63, 3.8) is 0 Å². The predicted octanol–water partition coefficient (Wildman–Crippen LogP) is 2.24. The molecule has 0 heterocycles. The minimum absolute atomic E-state index is 0.156. The summed E-state index contributed by atoms with van der Waals surface area (Å²) in [5, 5.41) is 0.475. The summed E-state index contributed by atoms with van der Waals surface area (Å²) in [6, 6.07) is 7.43. The molecule has 76 valence electrons. The van der Waals surface area contributed by atoms with Crippen LogP contribution in [0, 0.1) is 0 Å². The second-order valence-corrected chi connectivity index (χ2v) is 6.47. The third-order valence-corrected chi connectivity index (χ3v) is 4.41. The van der Waals surface area contributed by atoms with Gasteiger partial charge in [-0.15, -0.1) is 0 Å². The van der Waals surface area contributed by atoms with Crippen molar-refractivity contribution < 1.29 is 8.42 Å². The second kappa shape index (κ2) is 3.24. The van der Waals surface area contributed by atoms with Crippen LogP contribution in [0.1, 0.15) is 17.9 Å². The molecule has 0 aliphatic heterocycles. The maximum Gasteiger partial charge on any atom is 0.150 e. The molecule has 0 spiro atoms. The van der Waals surface area contributed by atoms with Crippen molar-refractivity contribution in [3.8, 4) is 0 Å². The van der Waals surface area contributed by atoms with E-state index in [-0.39, 0.29) is 11.2 Å². The molecule has 1 aromatic rings. The first kappa shape index (κ1) is 9.99. The summed E-state index contributed by atoms with van der Waals surface area (Å²) in [5.74, 6) is 0.156. The molecular weight excluding hydrogens is 220 g/mol. The number of rotatable bonds is 2. The van der Waals surface area contributed by atoms with Crippen molar-refractivity contribution in [1.82, 2.24) is 0 Å². The topological polar surface area (TPSA) is 34.1 Å². The van der Waals surface area contributed by atoms with Crippen LogP contribution in [0.5, 0.6) is 0 Å². The van der Waals surface area contributed by atoms with E-state index in [0.29, 0.717) is 5.02 Å². The third kappa shape index (κ3) is 1.93. The molecular formula is C10H11ClO2S. The number of benzene rings is 1. The fourth-order valence-electron chi connectivity index (χ4n) is 1.73. The Morgan fingerprint density at radius 1 is 1.43 bits per heavy atom. The van der Waals surface area contributed by atoms with Gasteiger partial charge in [-0.2, -0.15) is 0 Å². The summed E-state index contributed by atoms with van der Waals surface area (Å²) in [7, 11) is -2.88. The molecule has 2 rings (SSSR count). The molecule has 1 saturated carbocycles. The van der Waals surface area contributed by atoms with Gasteiger partial charge < -0.3 is 0 Å². The first-order valence-electron chi connectivity index (χ1n) is 4.43. The summed E-state index contributed by atoms with van der Waals surface area (Å²) < 4.78 is 22.5. The van der Waals surface area contributed by atoms with Crippen molar-refractivity contribution in [2.24, 2.45) is 0 Å².